The predicted molar refractivity (Wildman–Crippen MR) is 64.0 cm³/mol. The number of hydrogen-bond donors (Lipinski definition) is 2. The maximum Gasteiger partial charge on any atom is 0.328 e. The van der Waals surface area contributed by atoms with Crippen molar-refractivity contribution < 1.29 is 24.2 Å². The molecule has 0 atom stereocenters. The van der Waals surface area contributed by atoms with Gasteiger partial charge in [-0.2, -0.15) is 0 Å². The van der Waals surface area contributed by atoms with Gasteiger partial charge in [0.15, 0.2) is 0 Å². The second-order valence-electron chi connectivity index (χ2n) is 3.19. The summed E-state index contributed by atoms with van der Waals surface area (Å²) in [5.41, 5.74) is 0. The largest absolute Gasteiger partial charge is 0.478 e. The summed E-state index contributed by atoms with van der Waals surface area (Å²) in [5, 5.41) is 10.3. The van der Waals surface area contributed by atoms with Gasteiger partial charge in [0.1, 0.15) is 0 Å². The second kappa shape index (κ2) is 8.94. The summed E-state index contributed by atoms with van der Waals surface area (Å²) < 4.78 is 4.82. The summed E-state index contributed by atoms with van der Waals surface area (Å²) >= 11 is 0. The molecule has 3 amide bonds. The van der Waals surface area contributed by atoms with Crippen molar-refractivity contribution in [3.63, 3.8) is 0 Å². The highest BCUT2D eigenvalue weighted by atomic mass is 16.5. The Kier molecular flexibility index (Phi) is 7.87. The number of ether oxygens (including phenoxy) is 1. The van der Waals surface area contributed by atoms with Gasteiger partial charge in [-0.05, 0) is 0 Å². The molecular formula is C11H16N2O5. The Morgan fingerprint density at radius 2 is 2.06 bits per heavy atom. The zero-order valence-electron chi connectivity index (χ0n) is 10.1. The Morgan fingerprint density at radius 1 is 1.39 bits per heavy atom. The molecule has 0 aliphatic carbocycles. The Balaban J connectivity index is 4.35. The number of amides is 3. The van der Waals surface area contributed by atoms with Gasteiger partial charge < -0.3 is 14.7 Å². The van der Waals surface area contributed by atoms with Crippen LogP contribution in [0.25, 0.3) is 0 Å². The van der Waals surface area contributed by atoms with E-state index in [1.54, 1.807) is 0 Å². The van der Waals surface area contributed by atoms with Gasteiger partial charge in [-0.25, -0.2) is 9.59 Å². The highest BCUT2D eigenvalue weighted by Crippen LogP contribution is 1.91. The van der Waals surface area contributed by atoms with Crippen LogP contribution in [0.2, 0.25) is 0 Å². The smallest absolute Gasteiger partial charge is 0.328 e. The van der Waals surface area contributed by atoms with Gasteiger partial charge in [-0.3, -0.25) is 10.1 Å². The minimum absolute atomic E-state index is 0.255. The first-order valence-corrected chi connectivity index (χ1v) is 5.12. The Morgan fingerprint density at radius 3 is 2.56 bits per heavy atom. The van der Waals surface area contributed by atoms with Gasteiger partial charge in [0, 0.05) is 32.4 Å². The zero-order chi connectivity index (χ0) is 14.0. The van der Waals surface area contributed by atoms with Crippen molar-refractivity contribution >= 4 is 17.9 Å². The van der Waals surface area contributed by atoms with Crippen LogP contribution < -0.4 is 5.32 Å². The summed E-state index contributed by atoms with van der Waals surface area (Å²) in [6, 6.07) is -0.632. The number of nitrogens with zero attached hydrogens (tertiary/aromatic N) is 1. The van der Waals surface area contributed by atoms with Crippen LogP contribution in [0.3, 0.4) is 0 Å². The minimum Gasteiger partial charge on any atom is -0.478 e. The van der Waals surface area contributed by atoms with Crippen LogP contribution in [-0.2, 0) is 14.3 Å². The first kappa shape index (κ1) is 15.9. The molecule has 0 spiro atoms. The van der Waals surface area contributed by atoms with Crippen LogP contribution in [-0.4, -0.2) is 54.7 Å². The average molecular weight is 256 g/mol. The molecular weight excluding hydrogens is 240 g/mol. The lowest BCUT2D eigenvalue weighted by Gasteiger charge is -2.20. The first-order chi connectivity index (χ1) is 8.51. The van der Waals surface area contributed by atoms with Crippen molar-refractivity contribution in [2.45, 2.75) is 0 Å². The number of urea groups is 1. The number of carbonyl (C=O) groups is 3. The van der Waals surface area contributed by atoms with Crippen molar-refractivity contribution in [2.24, 2.45) is 0 Å². The summed E-state index contributed by atoms with van der Waals surface area (Å²) in [5.74, 6) is -2.06. The zero-order valence-corrected chi connectivity index (χ0v) is 10.1. The molecule has 0 bridgehead atoms. The van der Waals surface area contributed by atoms with Gasteiger partial charge >= 0.3 is 12.0 Å². The third-order valence-electron chi connectivity index (χ3n) is 1.81. The lowest BCUT2D eigenvalue weighted by molar-refractivity contribution is -0.131. The van der Waals surface area contributed by atoms with Crippen molar-refractivity contribution in [1.29, 1.82) is 0 Å². The molecule has 7 nitrogen and oxygen atoms in total. The standard InChI is InChI=1S/C11H16N2O5/c1-3-6-13(7-8-18-2)11(17)12-9(14)4-5-10(15)16/h3-5H,1,6-8H2,2H3,(H,15,16)(H,12,14,17)/b5-4+. The van der Waals surface area contributed by atoms with Crippen LogP contribution >= 0.6 is 0 Å². The van der Waals surface area contributed by atoms with Gasteiger partial charge in [-0.1, -0.05) is 6.08 Å². The SMILES string of the molecule is C=CCN(CCOC)C(=O)NC(=O)/C=C/C(=O)O. The van der Waals surface area contributed by atoms with E-state index in [0.29, 0.717) is 19.2 Å². The fourth-order valence-electron chi connectivity index (χ4n) is 1.01. The van der Waals surface area contributed by atoms with Crippen LogP contribution in [0.5, 0.6) is 0 Å². The van der Waals surface area contributed by atoms with Crippen molar-refractivity contribution in [1.82, 2.24) is 10.2 Å². The van der Waals surface area contributed by atoms with Crippen molar-refractivity contribution in [3.8, 4) is 0 Å². The van der Waals surface area contributed by atoms with Crippen molar-refractivity contribution in [2.75, 3.05) is 26.8 Å². The summed E-state index contributed by atoms with van der Waals surface area (Å²) in [6.45, 7) is 4.36. The van der Waals surface area contributed by atoms with Crippen LogP contribution in [0.4, 0.5) is 4.79 Å². The molecule has 0 aromatic rings. The van der Waals surface area contributed by atoms with E-state index in [-0.39, 0.29) is 6.54 Å². The molecule has 0 saturated carbocycles. The number of carboxylic acid groups (broad SMARTS) is 1. The molecule has 0 unspecified atom stereocenters. The quantitative estimate of drug-likeness (QED) is 0.493. The molecule has 18 heavy (non-hydrogen) atoms. The predicted octanol–water partition coefficient (Wildman–Crippen LogP) is -0.00220. The maximum atomic E-state index is 11.6. The second-order valence-corrected chi connectivity index (χ2v) is 3.19. The Bertz CT molecular complexity index is 351. The number of aliphatic carboxylic acids is 1. The highest BCUT2D eigenvalue weighted by molar-refractivity contribution is 6.02. The molecule has 0 aliphatic heterocycles. The topological polar surface area (TPSA) is 95.9 Å². The van der Waals surface area contributed by atoms with Crippen molar-refractivity contribution in [3.05, 3.63) is 24.8 Å². The number of carboxylic acids is 1. The van der Waals surface area contributed by atoms with Crippen LogP contribution in [0.1, 0.15) is 0 Å². The van der Waals surface area contributed by atoms with E-state index in [0.717, 1.165) is 6.08 Å². The number of imide groups is 1. The van der Waals surface area contributed by atoms with Crippen LogP contribution in [0, 0.1) is 0 Å². The van der Waals surface area contributed by atoms with E-state index in [4.69, 9.17) is 9.84 Å². The lowest BCUT2D eigenvalue weighted by Crippen LogP contribution is -2.43. The van der Waals surface area contributed by atoms with Gasteiger partial charge in [0.2, 0.25) is 0 Å². The summed E-state index contributed by atoms with van der Waals surface area (Å²) in [4.78, 5) is 34.3. The van der Waals surface area contributed by atoms with E-state index >= 15 is 0 Å². The number of methoxy groups -OCH3 is 1. The molecule has 0 heterocycles. The highest BCUT2D eigenvalue weighted by Gasteiger charge is 2.13. The fourth-order valence-corrected chi connectivity index (χ4v) is 1.01. The molecule has 0 radical (unpaired) electrons. The van der Waals surface area contributed by atoms with E-state index in [9.17, 15) is 14.4 Å². The van der Waals surface area contributed by atoms with E-state index < -0.39 is 17.9 Å². The number of rotatable bonds is 7. The number of hydrogen-bond acceptors (Lipinski definition) is 4. The van der Waals surface area contributed by atoms with Gasteiger partial charge in [0.25, 0.3) is 5.91 Å². The summed E-state index contributed by atoms with van der Waals surface area (Å²) in [7, 11) is 1.49. The van der Waals surface area contributed by atoms with E-state index in [2.05, 4.69) is 6.58 Å². The third-order valence-corrected chi connectivity index (χ3v) is 1.81. The fraction of sp³-hybridized carbons (Fsp3) is 0.364. The monoisotopic (exact) mass is 256 g/mol. The Labute approximate surface area is 105 Å². The molecule has 7 heteroatoms. The molecule has 0 fully saturated rings. The molecule has 100 valence electrons. The molecule has 0 aliphatic rings. The molecule has 0 saturated heterocycles. The normalized spacial score (nSPS) is 10.1. The molecule has 0 aromatic carbocycles. The maximum absolute atomic E-state index is 11.6. The van der Waals surface area contributed by atoms with E-state index in [1.807, 2.05) is 5.32 Å². The first-order valence-electron chi connectivity index (χ1n) is 5.12. The summed E-state index contributed by atoms with van der Waals surface area (Å²) in [6.07, 6.45) is 2.92. The average Bonchev–Trinajstić information content (AvgIpc) is 2.31. The minimum atomic E-state index is -1.26. The Hall–Kier alpha value is -2.15. The molecule has 2 N–H and O–H groups in total. The van der Waals surface area contributed by atoms with Gasteiger partial charge in [0.05, 0.1) is 6.61 Å². The number of nitrogens with one attached hydrogen (secondary N) is 1. The molecule has 0 aromatic heterocycles. The third kappa shape index (κ3) is 7.18. The lowest BCUT2D eigenvalue weighted by atomic mass is 10.4. The van der Waals surface area contributed by atoms with Crippen LogP contribution in [0.15, 0.2) is 24.8 Å². The van der Waals surface area contributed by atoms with Gasteiger partial charge in [-0.15, -0.1) is 6.58 Å². The molecule has 0 rings (SSSR count). The van der Waals surface area contributed by atoms with E-state index in [1.165, 1.54) is 18.1 Å². The number of carbonyl (C=O) groups excluding carboxylic acids is 2.